The van der Waals surface area contributed by atoms with E-state index in [1.54, 1.807) is 11.8 Å². The Morgan fingerprint density at radius 3 is 2.55 bits per heavy atom. The van der Waals surface area contributed by atoms with Crippen LogP contribution in [0.25, 0.3) is 0 Å². The summed E-state index contributed by atoms with van der Waals surface area (Å²) in [5, 5.41) is 5.05. The summed E-state index contributed by atoms with van der Waals surface area (Å²) >= 11 is 2.94. The monoisotopic (exact) mass is 364 g/mol. The van der Waals surface area contributed by atoms with E-state index in [0.717, 1.165) is 25.0 Å². The molecule has 1 aliphatic rings. The summed E-state index contributed by atoms with van der Waals surface area (Å²) < 4.78 is 36.8. The molecule has 1 amide bonds. The lowest BCUT2D eigenvalue weighted by Gasteiger charge is -2.21. The molecule has 0 radical (unpaired) electrons. The van der Waals surface area contributed by atoms with Gasteiger partial charge in [-0.15, -0.1) is 0 Å². The molecule has 1 aliphatic carbocycles. The van der Waals surface area contributed by atoms with Crippen LogP contribution in [-0.2, 0) is 10.0 Å². The fourth-order valence-corrected chi connectivity index (χ4v) is 3.62. The van der Waals surface area contributed by atoms with E-state index in [-0.39, 0.29) is 21.0 Å². The number of hydrogen-bond donors (Lipinski definition) is 1. The molecule has 0 unspecified atom stereocenters. The smallest absolute Gasteiger partial charge is 0.257 e. The molecule has 1 saturated carbocycles. The van der Waals surface area contributed by atoms with Gasteiger partial charge >= 0.3 is 0 Å². The summed E-state index contributed by atoms with van der Waals surface area (Å²) in [6, 6.07) is 2.06. The van der Waals surface area contributed by atoms with Crippen LogP contribution in [0.1, 0.15) is 30.1 Å². The number of amides is 1. The number of rotatable bonds is 4. The maximum absolute atomic E-state index is 13.9. The summed E-state index contributed by atoms with van der Waals surface area (Å²) in [6.07, 6.45) is 1.78. The number of benzene rings is 1. The third kappa shape index (κ3) is 3.02. The molecule has 8 heteroatoms. The first-order valence-corrected chi connectivity index (χ1v) is 8.42. The van der Waals surface area contributed by atoms with Gasteiger partial charge < -0.3 is 4.90 Å². The predicted octanol–water partition coefficient (Wildman–Crippen LogP) is 1.86. The van der Waals surface area contributed by atoms with Gasteiger partial charge in [-0.1, -0.05) is 0 Å². The Bertz CT molecular complexity index is 659. The summed E-state index contributed by atoms with van der Waals surface area (Å²) in [5.41, 5.74) is -0.272. The lowest BCUT2D eigenvalue weighted by atomic mass is 10.2. The van der Waals surface area contributed by atoms with Crippen LogP contribution < -0.4 is 5.14 Å². The van der Waals surface area contributed by atoms with Crippen molar-refractivity contribution in [2.45, 2.75) is 30.7 Å². The highest BCUT2D eigenvalue weighted by Gasteiger charge is 2.33. The minimum Gasteiger partial charge on any atom is -0.336 e. The van der Waals surface area contributed by atoms with Crippen LogP contribution in [0.2, 0.25) is 0 Å². The molecule has 110 valence electrons. The minimum atomic E-state index is -4.03. The molecule has 5 nitrogen and oxygen atoms in total. The molecule has 20 heavy (non-hydrogen) atoms. The fourth-order valence-electron chi connectivity index (χ4n) is 2.02. The average molecular weight is 365 g/mol. The number of sulfonamides is 1. The van der Waals surface area contributed by atoms with E-state index < -0.39 is 21.7 Å². The van der Waals surface area contributed by atoms with Crippen molar-refractivity contribution in [2.75, 3.05) is 6.54 Å². The first-order chi connectivity index (χ1) is 9.25. The quantitative estimate of drug-likeness (QED) is 0.885. The first kappa shape index (κ1) is 15.4. The maximum atomic E-state index is 13.9. The van der Waals surface area contributed by atoms with Crippen molar-refractivity contribution in [3.05, 3.63) is 28.0 Å². The highest BCUT2D eigenvalue weighted by molar-refractivity contribution is 9.10. The zero-order valence-corrected chi connectivity index (χ0v) is 13.2. The van der Waals surface area contributed by atoms with Crippen molar-refractivity contribution in [1.29, 1.82) is 0 Å². The summed E-state index contributed by atoms with van der Waals surface area (Å²) in [7, 11) is -4.03. The van der Waals surface area contributed by atoms with Crippen molar-refractivity contribution in [1.82, 2.24) is 4.90 Å². The maximum Gasteiger partial charge on any atom is 0.257 e. The minimum absolute atomic E-state index is 0.00326. The fraction of sp³-hybridized carbons (Fsp3) is 0.417. The Hall–Kier alpha value is -0.990. The molecule has 2 rings (SSSR count). The molecular formula is C12H14BrFN2O3S. The van der Waals surface area contributed by atoms with Crippen LogP contribution in [0.5, 0.6) is 0 Å². The van der Waals surface area contributed by atoms with Gasteiger partial charge in [0.15, 0.2) is 0 Å². The third-order valence-corrected chi connectivity index (χ3v) is 5.02. The summed E-state index contributed by atoms with van der Waals surface area (Å²) in [4.78, 5) is 13.5. The van der Waals surface area contributed by atoms with Gasteiger partial charge in [-0.05, 0) is 47.8 Å². The Balaban J connectivity index is 2.48. The van der Waals surface area contributed by atoms with E-state index >= 15 is 0 Å². The molecule has 0 spiro atoms. The molecule has 0 saturated heterocycles. The Labute approximate surface area is 125 Å². The highest BCUT2D eigenvalue weighted by atomic mass is 79.9. The van der Waals surface area contributed by atoms with Crippen LogP contribution in [0, 0.1) is 5.82 Å². The van der Waals surface area contributed by atoms with Gasteiger partial charge in [0, 0.05) is 17.1 Å². The van der Waals surface area contributed by atoms with Crippen molar-refractivity contribution < 1.29 is 17.6 Å². The van der Waals surface area contributed by atoms with Crippen LogP contribution in [0.4, 0.5) is 4.39 Å². The van der Waals surface area contributed by atoms with Crippen molar-refractivity contribution in [2.24, 2.45) is 5.14 Å². The number of hydrogen-bond acceptors (Lipinski definition) is 3. The van der Waals surface area contributed by atoms with Crippen molar-refractivity contribution >= 4 is 31.9 Å². The predicted molar refractivity (Wildman–Crippen MR) is 75.2 cm³/mol. The molecule has 0 atom stereocenters. The van der Waals surface area contributed by atoms with Crippen LogP contribution in [0.15, 0.2) is 21.5 Å². The summed E-state index contributed by atoms with van der Waals surface area (Å²) in [5.74, 6) is -1.28. The van der Waals surface area contributed by atoms with Gasteiger partial charge in [-0.3, -0.25) is 4.79 Å². The molecule has 1 aromatic carbocycles. The van der Waals surface area contributed by atoms with Gasteiger partial charge in [0.25, 0.3) is 5.91 Å². The van der Waals surface area contributed by atoms with Gasteiger partial charge in [-0.25, -0.2) is 17.9 Å². The van der Waals surface area contributed by atoms with E-state index in [1.807, 2.05) is 0 Å². The van der Waals surface area contributed by atoms with Crippen LogP contribution in [0.3, 0.4) is 0 Å². The Morgan fingerprint density at radius 2 is 2.10 bits per heavy atom. The van der Waals surface area contributed by atoms with Gasteiger partial charge in [0.1, 0.15) is 5.82 Å². The van der Waals surface area contributed by atoms with E-state index in [4.69, 9.17) is 5.14 Å². The average Bonchev–Trinajstić information content (AvgIpc) is 3.12. The first-order valence-electron chi connectivity index (χ1n) is 6.08. The van der Waals surface area contributed by atoms with Gasteiger partial charge in [-0.2, -0.15) is 0 Å². The van der Waals surface area contributed by atoms with Gasteiger partial charge in [0.2, 0.25) is 10.0 Å². The van der Waals surface area contributed by atoms with E-state index in [9.17, 15) is 17.6 Å². The lowest BCUT2D eigenvalue weighted by molar-refractivity contribution is 0.0747. The number of nitrogens with two attached hydrogens (primary N) is 1. The third-order valence-electron chi connectivity index (χ3n) is 3.15. The second-order valence-corrected chi connectivity index (χ2v) is 7.01. The molecule has 0 bridgehead atoms. The normalized spacial score (nSPS) is 15.2. The number of carbonyl (C=O) groups excluding carboxylic acids is 1. The standard InChI is InChI=1S/C12H14BrFN2O3S/c1-2-16(7-3-4-7)12(17)8-5-11(20(15,18)19)9(13)6-10(8)14/h5-7H,2-4H2,1H3,(H2,15,18,19). The van der Waals surface area contributed by atoms with Crippen molar-refractivity contribution in [3.63, 3.8) is 0 Å². The molecule has 2 N–H and O–H groups in total. The SMILES string of the molecule is CCN(C(=O)c1cc(S(N)(=O)=O)c(Br)cc1F)C1CC1. The largest absolute Gasteiger partial charge is 0.336 e. The molecule has 0 heterocycles. The molecule has 1 aromatic rings. The van der Waals surface area contributed by atoms with E-state index in [0.29, 0.717) is 6.54 Å². The zero-order valence-electron chi connectivity index (χ0n) is 10.8. The van der Waals surface area contributed by atoms with E-state index in [1.165, 1.54) is 0 Å². The molecule has 0 aliphatic heterocycles. The second kappa shape index (κ2) is 5.42. The number of primary sulfonamides is 1. The lowest BCUT2D eigenvalue weighted by Crippen LogP contribution is -2.33. The van der Waals surface area contributed by atoms with Crippen LogP contribution >= 0.6 is 15.9 Å². The second-order valence-electron chi connectivity index (χ2n) is 4.63. The Morgan fingerprint density at radius 1 is 1.50 bits per heavy atom. The number of carbonyl (C=O) groups is 1. The number of halogens is 2. The summed E-state index contributed by atoms with van der Waals surface area (Å²) in [6.45, 7) is 2.25. The van der Waals surface area contributed by atoms with Crippen LogP contribution in [-0.4, -0.2) is 31.8 Å². The zero-order chi connectivity index (χ0) is 15.1. The molecule has 0 aromatic heterocycles. The van der Waals surface area contributed by atoms with Gasteiger partial charge in [0.05, 0.1) is 10.5 Å². The Kier molecular flexibility index (Phi) is 4.17. The number of nitrogens with zero attached hydrogens (tertiary/aromatic N) is 1. The highest BCUT2D eigenvalue weighted by Crippen LogP contribution is 2.30. The van der Waals surface area contributed by atoms with Crippen molar-refractivity contribution in [3.8, 4) is 0 Å². The topological polar surface area (TPSA) is 80.5 Å². The molecule has 1 fully saturated rings. The van der Waals surface area contributed by atoms with E-state index in [2.05, 4.69) is 15.9 Å². The molecular weight excluding hydrogens is 351 g/mol.